The molecule has 0 aliphatic heterocycles. The Balaban J connectivity index is 3.40. The van der Waals surface area contributed by atoms with Gasteiger partial charge in [-0.15, -0.1) is 0 Å². The Hall–Kier alpha value is 0.0569. The zero-order valence-corrected chi connectivity index (χ0v) is 10.9. The molecule has 0 saturated carbocycles. The van der Waals surface area contributed by atoms with Crippen LogP contribution in [0.2, 0.25) is 13.1 Å². The van der Waals surface area contributed by atoms with Crippen LogP contribution >= 0.6 is 0 Å². The molecule has 5 heteroatoms. The first kappa shape index (κ1) is 15.1. The molecule has 0 atom stereocenters. The maximum Gasteiger partial charge on any atom is 0.331 e. The van der Waals surface area contributed by atoms with Gasteiger partial charge in [0, 0.05) is 26.4 Å². The molecule has 0 aromatic rings. The molecule has 0 heterocycles. The minimum absolute atomic E-state index is 0.225. The highest BCUT2D eigenvalue weighted by Gasteiger charge is 2.23. The molecule has 4 nitrogen and oxygen atoms in total. The summed E-state index contributed by atoms with van der Waals surface area (Å²) in [7, 11) is -1.97. The fourth-order valence-electron chi connectivity index (χ4n) is 1.11. The van der Waals surface area contributed by atoms with E-state index in [0.717, 1.165) is 25.7 Å². The summed E-state index contributed by atoms with van der Waals surface area (Å²) in [5.41, 5.74) is 0. The van der Waals surface area contributed by atoms with Gasteiger partial charge in [0.25, 0.3) is 0 Å². The fraction of sp³-hybridized carbons (Fsp3) is 1.00. The molecular weight excluding hydrogens is 212 g/mol. The van der Waals surface area contributed by atoms with Crippen LogP contribution in [-0.2, 0) is 8.85 Å². The van der Waals surface area contributed by atoms with Gasteiger partial charge in [-0.05, 0) is 38.8 Å². The van der Waals surface area contributed by atoms with Crippen molar-refractivity contribution in [3.63, 3.8) is 0 Å². The normalized spacial score (nSPS) is 12.0. The average molecular weight is 236 g/mol. The SMILES string of the molecule is C[Si](C)(OCCCCO)OCCCCO. The Labute approximate surface area is 93.5 Å². The van der Waals surface area contributed by atoms with Crippen LogP contribution in [0.25, 0.3) is 0 Å². The van der Waals surface area contributed by atoms with Crippen LogP contribution in [0.3, 0.4) is 0 Å². The van der Waals surface area contributed by atoms with Gasteiger partial charge in [-0.3, -0.25) is 0 Å². The van der Waals surface area contributed by atoms with Gasteiger partial charge in [-0.1, -0.05) is 0 Å². The van der Waals surface area contributed by atoms with E-state index in [1.165, 1.54) is 0 Å². The Bertz CT molecular complexity index is 127. The quantitative estimate of drug-likeness (QED) is 0.443. The van der Waals surface area contributed by atoms with Crippen LogP contribution in [0.15, 0.2) is 0 Å². The molecule has 0 saturated heterocycles. The summed E-state index contributed by atoms with van der Waals surface area (Å²) < 4.78 is 11.3. The molecule has 0 aliphatic carbocycles. The van der Waals surface area contributed by atoms with Crippen molar-refractivity contribution in [1.82, 2.24) is 0 Å². The van der Waals surface area contributed by atoms with Crippen LogP contribution in [0, 0.1) is 0 Å². The first-order valence-electron chi connectivity index (χ1n) is 5.62. The molecule has 0 rings (SSSR count). The van der Waals surface area contributed by atoms with E-state index in [0.29, 0.717) is 13.2 Å². The molecule has 15 heavy (non-hydrogen) atoms. The highest BCUT2D eigenvalue weighted by atomic mass is 28.4. The third-order valence-corrected chi connectivity index (χ3v) is 3.80. The van der Waals surface area contributed by atoms with Gasteiger partial charge in [0.15, 0.2) is 0 Å². The van der Waals surface area contributed by atoms with E-state index in [1.807, 2.05) is 13.1 Å². The predicted molar refractivity (Wildman–Crippen MR) is 62.0 cm³/mol. The molecule has 92 valence electrons. The predicted octanol–water partition coefficient (Wildman–Crippen LogP) is 1.27. The molecule has 2 N–H and O–H groups in total. The van der Waals surface area contributed by atoms with Crippen LogP contribution < -0.4 is 0 Å². The summed E-state index contributed by atoms with van der Waals surface area (Å²) in [6.45, 7) is 5.82. The molecule has 0 aliphatic rings. The van der Waals surface area contributed by atoms with Crippen LogP contribution in [0.4, 0.5) is 0 Å². The minimum Gasteiger partial charge on any atom is -0.396 e. The van der Waals surface area contributed by atoms with E-state index in [9.17, 15) is 0 Å². The lowest BCUT2D eigenvalue weighted by molar-refractivity contribution is 0.164. The second kappa shape index (κ2) is 9.29. The minimum atomic E-state index is -1.97. The number of hydrogen-bond donors (Lipinski definition) is 2. The summed E-state index contributed by atoms with van der Waals surface area (Å²) >= 11 is 0. The summed E-state index contributed by atoms with van der Waals surface area (Å²) in [6.07, 6.45) is 3.34. The molecule has 0 bridgehead atoms. The number of aliphatic hydroxyl groups is 2. The Kier molecular flexibility index (Phi) is 9.33. The topological polar surface area (TPSA) is 58.9 Å². The first-order chi connectivity index (χ1) is 7.12. The second-order valence-corrected chi connectivity index (χ2v) is 7.34. The van der Waals surface area contributed by atoms with Gasteiger partial charge in [0.05, 0.1) is 0 Å². The second-order valence-electron chi connectivity index (χ2n) is 3.96. The fourth-order valence-corrected chi connectivity index (χ4v) is 2.46. The van der Waals surface area contributed by atoms with E-state index in [1.54, 1.807) is 0 Å². The number of hydrogen-bond acceptors (Lipinski definition) is 4. The van der Waals surface area contributed by atoms with Gasteiger partial charge in [0.2, 0.25) is 0 Å². The lowest BCUT2D eigenvalue weighted by Gasteiger charge is -2.22. The lowest BCUT2D eigenvalue weighted by Crippen LogP contribution is -2.35. The van der Waals surface area contributed by atoms with Gasteiger partial charge in [-0.2, -0.15) is 0 Å². The smallest absolute Gasteiger partial charge is 0.331 e. The Morgan fingerprint density at radius 1 is 0.800 bits per heavy atom. The summed E-state index contributed by atoms with van der Waals surface area (Å²) in [5.74, 6) is 0. The summed E-state index contributed by atoms with van der Waals surface area (Å²) in [4.78, 5) is 0. The summed E-state index contributed by atoms with van der Waals surface area (Å²) in [6, 6.07) is 0. The monoisotopic (exact) mass is 236 g/mol. The van der Waals surface area contributed by atoms with Crippen molar-refractivity contribution in [1.29, 1.82) is 0 Å². The molecule has 0 aromatic heterocycles. The molecule has 0 amide bonds. The largest absolute Gasteiger partial charge is 0.396 e. The van der Waals surface area contributed by atoms with E-state index < -0.39 is 8.56 Å². The van der Waals surface area contributed by atoms with Crippen molar-refractivity contribution < 1.29 is 19.1 Å². The van der Waals surface area contributed by atoms with Crippen molar-refractivity contribution in [2.24, 2.45) is 0 Å². The van der Waals surface area contributed by atoms with E-state index in [-0.39, 0.29) is 13.2 Å². The van der Waals surface area contributed by atoms with Crippen molar-refractivity contribution in [3.8, 4) is 0 Å². The maximum atomic E-state index is 8.60. The Morgan fingerprint density at radius 3 is 1.53 bits per heavy atom. The number of aliphatic hydroxyl groups excluding tert-OH is 2. The van der Waals surface area contributed by atoms with Gasteiger partial charge in [-0.25, -0.2) is 0 Å². The number of unbranched alkanes of at least 4 members (excludes halogenated alkanes) is 2. The molecular formula is C10H24O4Si. The molecule has 0 unspecified atom stereocenters. The standard InChI is InChI=1S/C10H24O4Si/c1-15(2,13-9-5-3-7-11)14-10-6-4-8-12/h11-12H,3-10H2,1-2H3. The van der Waals surface area contributed by atoms with Crippen molar-refractivity contribution in [2.45, 2.75) is 38.8 Å². The maximum absolute atomic E-state index is 8.60. The molecule has 0 radical (unpaired) electrons. The zero-order valence-electron chi connectivity index (χ0n) is 9.87. The highest BCUT2D eigenvalue weighted by Crippen LogP contribution is 2.08. The van der Waals surface area contributed by atoms with Crippen molar-refractivity contribution in [2.75, 3.05) is 26.4 Å². The third-order valence-electron chi connectivity index (χ3n) is 2.00. The van der Waals surface area contributed by atoms with E-state index in [2.05, 4.69) is 0 Å². The van der Waals surface area contributed by atoms with Gasteiger partial charge in [0.1, 0.15) is 0 Å². The van der Waals surface area contributed by atoms with Crippen LogP contribution in [0.1, 0.15) is 25.7 Å². The third kappa shape index (κ3) is 10.3. The van der Waals surface area contributed by atoms with Crippen LogP contribution in [0.5, 0.6) is 0 Å². The average Bonchev–Trinajstić information content (AvgIpc) is 2.20. The van der Waals surface area contributed by atoms with Gasteiger partial charge >= 0.3 is 8.56 Å². The van der Waals surface area contributed by atoms with E-state index in [4.69, 9.17) is 19.1 Å². The molecule has 0 fully saturated rings. The van der Waals surface area contributed by atoms with Gasteiger partial charge < -0.3 is 19.1 Å². The van der Waals surface area contributed by atoms with Crippen molar-refractivity contribution >= 4 is 8.56 Å². The summed E-state index contributed by atoms with van der Waals surface area (Å²) in [5, 5.41) is 17.2. The first-order valence-corrected chi connectivity index (χ1v) is 8.43. The number of rotatable bonds is 10. The highest BCUT2D eigenvalue weighted by molar-refractivity contribution is 6.64. The van der Waals surface area contributed by atoms with E-state index >= 15 is 0 Å². The lowest BCUT2D eigenvalue weighted by atomic mass is 10.3. The van der Waals surface area contributed by atoms with Crippen molar-refractivity contribution in [3.05, 3.63) is 0 Å². The Morgan fingerprint density at radius 2 is 1.20 bits per heavy atom. The molecule has 0 spiro atoms. The molecule has 0 aromatic carbocycles. The van der Waals surface area contributed by atoms with Crippen LogP contribution in [-0.4, -0.2) is 45.2 Å². The zero-order chi connectivity index (χ0) is 11.6.